The van der Waals surface area contributed by atoms with Gasteiger partial charge >= 0.3 is 5.97 Å². The predicted octanol–water partition coefficient (Wildman–Crippen LogP) is 4.84. The van der Waals surface area contributed by atoms with Crippen molar-refractivity contribution in [3.63, 3.8) is 0 Å². The minimum atomic E-state index is -0.310. The molecule has 0 amide bonds. The van der Waals surface area contributed by atoms with Gasteiger partial charge in [0.15, 0.2) is 0 Å². The molecule has 0 saturated heterocycles. The first kappa shape index (κ1) is 15.7. The van der Waals surface area contributed by atoms with Crippen molar-refractivity contribution >= 4 is 5.97 Å². The summed E-state index contributed by atoms with van der Waals surface area (Å²) in [4.78, 5) is 12.3. The van der Waals surface area contributed by atoms with E-state index in [2.05, 4.69) is 27.7 Å². The largest absolute Gasteiger partial charge is 0.455 e. The van der Waals surface area contributed by atoms with Crippen molar-refractivity contribution in [3.8, 4) is 0 Å². The molecular formula is C17H26O2. The fourth-order valence-electron chi connectivity index (χ4n) is 2.62. The van der Waals surface area contributed by atoms with E-state index in [1.807, 2.05) is 30.3 Å². The molecule has 2 heteroatoms. The topological polar surface area (TPSA) is 26.3 Å². The zero-order chi connectivity index (χ0) is 14.3. The zero-order valence-electron chi connectivity index (χ0n) is 12.6. The van der Waals surface area contributed by atoms with Crippen molar-refractivity contribution in [1.82, 2.24) is 0 Å². The molecule has 1 rings (SSSR count). The smallest absolute Gasteiger partial charge is 0.338 e. The molecule has 0 aliphatic carbocycles. The molecule has 2 nitrogen and oxygen atoms in total. The summed E-state index contributed by atoms with van der Waals surface area (Å²) < 4.78 is 5.89. The maximum Gasteiger partial charge on any atom is 0.338 e. The molecule has 0 radical (unpaired) electrons. The number of benzene rings is 1. The lowest BCUT2D eigenvalue weighted by Crippen LogP contribution is -2.36. The number of rotatable bonds is 7. The number of hydrogen-bond donors (Lipinski definition) is 0. The van der Waals surface area contributed by atoms with Crippen LogP contribution < -0.4 is 0 Å². The summed E-state index contributed by atoms with van der Waals surface area (Å²) >= 11 is 0. The predicted molar refractivity (Wildman–Crippen MR) is 79.2 cm³/mol. The van der Waals surface area contributed by atoms with Crippen molar-refractivity contribution in [1.29, 1.82) is 0 Å². The molecule has 0 saturated carbocycles. The average molecular weight is 262 g/mol. The summed E-state index contributed by atoms with van der Waals surface area (Å²) in [5.74, 6) is 0.326. The average Bonchev–Trinajstić information content (AvgIpc) is 2.39. The van der Waals surface area contributed by atoms with E-state index >= 15 is 0 Å². The molecular weight excluding hydrogens is 236 g/mol. The van der Waals surface area contributed by atoms with Gasteiger partial charge in [-0.2, -0.15) is 0 Å². The molecule has 0 fully saturated rings. The van der Waals surface area contributed by atoms with Crippen LogP contribution in [0.15, 0.2) is 30.3 Å². The van der Waals surface area contributed by atoms with Crippen LogP contribution in [0.2, 0.25) is 0 Å². The van der Waals surface area contributed by atoms with Gasteiger partial charge in [-0.25, -0.2) is 4.79 Å². The van der Waals surface area contributed by atoms with Gasteiger partial charge in [0.1, 0.15) is 5.60 Å². The van der Waals surface area contributed by atoms with Gasteiger partial charge in [-0.05, 0) is 37.3 Å². The fraction of sp³-hybridized carbons (Fsp3) is 0.588. The molecule has 0 bridgehead atoms. The summed E-state index contributed by atoms with van der Waals surface area (Å²) in [5, 5.41) is 0. The molecule has 0 aliphatic rings. The molecule has 1 aromatic carbocycles. The van der Waals surface area contributed by atoms with Crippen molar-refractivity contribution in [3.05, 3.63) is 35.9 Å². The van der Waals surface area contributed by atoms with Crippen LogP contribution in [-0.4, -0.2) is 11.6 Å². The lowest BCUT2D eigenvalue weighted by atomic mass is 9.85. The van der Waals surface area contributed by atoms with Gasteiger partial charge in [-0.1, -0.05) is 52.3 Å². The Morgan fingerprint density at radius 3 is 2.32 bits per heavy atom. The van der Waals surface area contributed by atoms with Crippen molar-refractivity contribution in [2.24, 2.45) is 5.92 Å². The number of esters is 1. The summed E-state index contributed by atoms with van der Waals surface area (Å²) in [6, 6.07) is 9.26. The van der Waals surface area contributed by atoms with Crippen LogP contribution in [0.25, 0.3) is 0 Å². The molecule has 0 aliphatic heterocycles. The van der Waals surface area contributed by atoms with E-state index in [-0.39, 0.29) is 11.6 Å². The highest BCUT2D eigenvalue weighted by Crippen LogP contribution is 2.31. The molecule has 106 valence electrons. The lowest BCUT2D eigenvalue weighted by molar-refractivity contribution is -0.0361. The summed E-state index contributed by atoms with van der Waals surface area (Å²) in [6.45, 7) is 8.60. The van der Waals surface area contributed by atoms with Crippen molar-refractivity contribution in [2.45, 2.75) is 59.0 Å². The van der Waals surface area contributed by atoms with Gasteiger partial charge in [0.25, 0.3) is 0 Å². The molecule has 19 heavy (non-hydrogen) atoms. The van der Waals surface area contributed by atoms with Crippen LogP contribution >= 0.6 is 0 Å². The SMILES string of the molecule is CCCC(CC)(CC(C)C)OC(=O)c1ccccc1. The quantitative estimate of drug-likeness (QED) is 0.657. The monoisotopic (exact) mass is 262 g/mol. The molecule has 0 spiro atoms. The van der Waals surface area contributed by atoms with Gasteiger partial charge in [0, 0.05) is 0 Å². The number of carbonyl (C=O) groups is 1. The Labute approximate surface area is 117 Å². The van der Waals surface area contributed by atoms with Crippen LogP contribution in [0.5, 0.6) is 0 Å². The van der Waals surface area contributed by atoms with Crippen LogP contribution in [0.3, 0.4) is 0 Å². The first-order valence-electron chi connectivity index (χ1n) is 7.31. The van der Waals surface area contributed by atoms with Crippen molar-refractivity contribution < 1.29 is 9.53 Å². The summed E-state index contributed by atoms with van der Waals surface area (Å²) in [6.07, 6.45) is 3.76. The summed E-state index contributed by atoms with van der Waals surface area (Å²) in [7, 11) is 0. The van der Waals surface area contributed by atoms with E-state index in [4.69, 9.17) is 4.74 Å². The second-order valence-corrected chi connectivity index (χ2v) is 5.64. The maximum atomic E-state index is 12.3. The zero-order valence-corrected chi connectivity index (χ0v) is 12.6. The van der Waals surface area contributed by atoms with E-state index in [9.17, 15) is 4.79 Å². The Morgan fingerprint density at radius 2 is 1.84 bits per heavy atom. The van der Waals surface area contributed by atoms with Gasteiger partial charge < -0.3 is 4.74 Å². The number of ether oxygens (including phenoxy) is 1. The second-order valence-electron chi connectivity index (χ2n) is 5.64. The van der Waals surface area contributed by atoms with Crippen molar-refractivity contribution in [2.75, 3.05) is 0 Å². The van der Waals surface area contributed by atoms with E-state index in [1.165, 1.54) is 0 Å². The normalized spacial score (nSPS) is 14.2. The number of carbonyl (C=O) groups excluding carboxylic acids is 1. The van der Waals surface area contributed by atoms with E-state index in [0.29, 0.717) is 11.5 Å². The van der Waals surface area contributed by atoms with Gasteiger partial charge in [-0.3, -0.25) is 0 Å². The van der Waals surface area contributed by atoms with E-state index in [1.54, 1.807) is 0 Å². The first-order valence-corrected chi connectivity index (χ1v) is 7.31. The Morgan fingerprint density at radius 1 is 1.21 bits per heavy atom. The molecule has 0 aromatic heterocycles. The minimum absolute atomic E-state index is 0.198. The summed E-state index contributed by atoms with van der Waals surface area (Å²) in [5.41, 5.74) is 0.329. The maximum absolute atomic E-state index is 12.3. The molecule has 1 atom stereocenters. The first-order chi connectivity index (χ1) is 9.03. The lowest BCUT2D eigenvalue weighted by Gasteiger charge is -2.34. The Hall–Kier alpha value is -1.31. The minimum Gasteiger partial charge on any atom is -0.455 e. The molecule has 1 unspecified atom stereocenters. The Kier molecular flexibility index (Phi) is 6.07. The Bertz CT molecular complexity index is 384. The third-order valence-electron chi connectivity index (χ3n) is 3.45. The molecule has 0 N–H and O–H groups in total. The van der Waals surface area contributed by atoms with Gasteiger partial charge in [-0.15, -0.1) is 0 Å². The van der Waals surface area contributed by atoms with Gasteiger partial charge in [0.2, 0.25) is 0 Å². The van der Waals surface area contributed by atoms with Crippen LogP contribution in [-0.2, 0) is 4.74 Å². The van der Waals surface area contributed by atoms with Crippen LogP contribution in [0.1, 0.15) is 63.7 Å². The second kappa shape index (κ2) is 7.32. The highest BCUT2D eigenvalue weighted by molar-refractivity contribution is 5.89. The third kappa shape index (κ3) is 4.70. The highest BCUT2D eigenvalue weighted by atomic mass is 16.6. The molecule has 0 heterocycles. The Balaban J connectivity index is 2.85. The fourth-order valence-corrected chi connectivity index (χ4v) is 2.62. The van der Waals surface area contributed by atoms with Crippen LogP contribution in [0.4, 0.5) is 0 Å². The number of hydrogen-bond acceptors (Lipinski definition) is 2. The highest BCUT2D eigenvalue weighted by Gasteiger charge is 2.32. The molecule has 1 aromatic rings. The van der Waals surface area contributed by atoms with Crippen LogP contribution in [0, 0.1) is 5.92 Å². The van der Waals surface area contributed by atoms with E-state index in [0.717, 1.165) is 25.7 Å². The van der Waals surface area contributed by atoms with Gasteiger partial charge in [0.05, 0.1) is 5.56 Å². The third-order valence-corrected chi connectivity index (χ3v) is 3.45. The van der Waals surface area contributed by atoms with E-state index < -0.39 is 0 Å². The standard InChI is InChI=1S/C17H26O2/c1-5-12-17(6-2,13-14(3)4)19-16(18)15-10-8-7-9-11-15/h7-11,14H,5-6,12-13H2,1-4H3.